The van der Waals surface area contributed by atoms with E-state index in [1.54, 1.807) is 13.8 Å². The lowest BCUT2D eigenvalue weighted by Gasteiger charge is -2.42. The van der Waals surface area contributed by atoms with E-state index in [0.717, 1.165) is 156 Å². The van der Waals surface area contributed by atoms with E-state index in [9.17, 15) is 13.2 Å². The summed E-state index contributed by atoms with van der Waals surface area (Å²) in [5, 5.41) is 11.7. The molecule has 9 aliphatic rings. The van der Waals surface area contributed by atoms with Gasteiger partial charge >= 0.3 is 6.18 Å². The molecule has 0 aromatic heterocycles. The molecule has 5 aliphatic carbocycles. The van der Waals surface area contributed by atoms with E-state index < -0.39 is 11.6 Å². The highest BCUT2D eigenvalue weighted by Gasteiger charge is 2.47. The maximum atomic E-state index is 12.2. The molecule has 2 atom stereocenters. The summed E-state index contributed by atoms with van der Waals surface area (Å²) in [6.07, 6.45) is 48.7. The predicted molar refractivity (Wildman–Crippen MR) is 591 cm³/mol. The smallest absolute Gasteiger partial charge is 0.381 e. The third-order valence-electron chi connectivity index (χ3n) is 29.8. The Labute approximate surface area is 834 Å². The van der Waals surface area contributed by atoms with Crippen LogP contribution in [-0.4, -0.2) is 70.1 Å². The van der Waals surface area contributed by atoms with Crippen molar-refractivity contribution in [1.29, 1.82) is 5.26 Å². The Morgan fingerprint density at radius 3 is 1.02 bits per heavy atom. The van der Waals surface area contributed by atoms with Crippen LogP contribution in [0.25, 0.3) is 0 Å². The summed E-state index contributed by atoms with van der Waals surface area (Å²) in [5.41, 5.74) is 1.98. The van der Waals surface area contributed by atoms with Gasteiger partial charge in [0.25, 0.3) is 0 Å². The average Bonchev–Trinajstić information content (AvgIpc) is 1.64. The van der Waals surface area contributed by atoms with Crippen LogP contribution >= 0.6 is 0 Å². The van der Waals surface area contributed by atoms with E-state index in [4.69, 9.17) is 24.2 Å². The van der Waals surface area contributed by atoms with Crippen LogP contribution < -0.4 is 5.32 Å². The molecule has 0 amide bonds. The van der Waals surface area contributed by atoms with Gasteiger partial charge in [0.1, 0.15) is 0 Å². The number of halogens is 3. The molecule has 132 heavy (non-hydrogen) atoms. The van der Waals surface area contributed by atoms with Gasteiger partial charge in [0.15, 0.2) is 0 Å². The van der Waals surface area contributed by atoms with Gasteiger partial charge in [-0.3, -0.25) is 0 Å². The van der Waals surface area contributed by atoms with Crippen molar-refractivity contribution in [2.45, 2.75) is 594 Å². The standard InChI is InChI=1S/C11H22O.2C11H22.C10H20O.C10H20.C8H15F3.C8H16O.C8H16.C7H13N.C7H16O.2C7H16.C6H13N.C6H12.C5H12.CH4/c1-4-11(9-10(2)3)5-7-12-8-6-11;1-10(2)6-9-11(3)7-4-5-8-11;1-4-10-5-7-11(8-6-10)9(2)3;1-9(2)8-10(3)4-6-11-7-5-10;1-4-10(6-5-7-10)8-9(2)3;1-6(2)5-7(3,4)8(9,10)11;1-7(2)6-8-4-3-5-9-8;1-4-8(5-6-8)7(2)3;1-4-7(5-8)6(2)3;1-6(2)8-7(3,4)5;1-6(2)5-7(3)4;1-4-5-6-7(2)3;1-5(2)6-3-7-4-6;1-5(2)6-3-4-6;1-4-5(2)3;/h10H,4-9H2,1-3H3;10H,4-9H2,1-3H3;9-11H,4-8H2,1-3H3;9H,4-8H2,1-3H3;9H,4-8H2,1-3H3;6H,5H2,1-4H3;7-8H,3-6H2,1-2H3;7H,4-6H2,1-3H3;6-7H,4H2,1-3H3;6H,1-5H3;6-7H,5H2,1-4H3;7H,4-6H2,1-3H3;5-7H,3-4H2,1-2H3;5-6H,3-4H2,1-2H3;5H,4H2,1-3H3;1H4. The quantitative estimate of drug-likeness (QED) is 0.0773. The fourth-order valence-electron chi connectivity index (χ4n) is 19.6. The highest BCUT2D eigenvalue weighted by Crippen LogP contribution is 2.54. The zero-order valence-electron chi connectivity index (χ0n) is 98.7. The number of nitriles is 1. The minimum Gasteiger partial charge on any atom is -0.381 e. The SMILES string of the molecule is C.CC(C)C1CC1.CC(C)C1CNC1.CC(C)CC(C)(C)C(F)(F)F.CC(C)CC(C)C.CC(C)CC1(C)CCOCC1.CC(C)CC1CCCO1.CC(C)CCC1(C)CCCC1.CC(C)OC(C)(C)C.CCC(C#N)C(C)C.CCC(C)C.CCC1(C(C)C)CC1.CCC1(CC(C)C)CCC1.CCC1(CC(C)C)CCOCC1.CCC1CCC(C(C)C)CC1.CCCCC(C)C. The number of alkyl halides is 3. The molecule has 0 bridgehead atoms. The molecule has 2 unspecified atom stereocenters. The lowest BCUT2D eigenvalue weighted by molar-refractivity contribution is -0.216. The van der Waals surface area contributed by atoms with Crippen molar-refractivity contribution >= 4 is 0 Å². The summed E-state index contributed by atoms with van der Waals surface area (Å²) in [6, 6.07) is 2.25. The Morgan fingerprint density at radius 1 is 0.424 bits per heavy atom. The first-order chi connectivity index (χ1) is 60.4. The van der Waals surface area contributed by atoms with Crippen LogP contribution in [0, 0.1) is 162 Å². The van der Waals surface area contributed by atoms with Crippen LogP contribution in [0.15, 0.2) is 0 Å². The molecule has 0 spiro atoms. The van der Waals surface area contributed by atoms with Crippen LogP contribution in [0.4, 0.5) is 13.2 Å². The minimum absolute atomic E-state index is 0. The zero-order chi connectivity index (χ0) is 103. The number of rotatable bonds is 30. The van der Waals surface area contributed by atoms with Gasteiger partial charge in [-0.05, 0) is 341 Å². The van der Waals surface area contributed by atoms with Gasteiger partial charge in [-0.2, -0.15) is 18.4 Å². The second-order valence-corrected chi connectivity index (χ2v) is 51.7. The maximum Gasteiger partial charge on any atom is 0.393 e. The molecule has 9 rings (SSSR count). The topological polar surface area (TPSA) is 72.7 Å². The summed E-state index contributed by atoms with van der Waals surface area (Å²) < 4.78 is 58.2. The van der Waals surface area contributed by atoms with E-state index >= 15 is 0 Å². The molecule has 0 aromatic rings. The largest absolute Gasteiger partial charge is 0.393 e. The lowest BCUT2D eigenvalue weighted by atomic mass is 9.63. The molecule has 4 aliphatic heterocycles. The van der Waals surface area contributed by atoms with Crippen molar-refractivity contribution in [2.24, 2.45) is 151 Å². The highest BCUT2D eigenvalue weighted by molar-refractivity contribution is 4.94. The number of nitrogens with one attached hydrogen (secondary N) is 1. The zero-order valence-corrected chi connectivity index (χ0v) is 98.7. The van der Waals surface area contributed by atoms with Crippen LogP contribution in [0.5, 0.6) is 0 Å². The maximum absolute atomic E-state index is 12.2. The van der Waals surface area contributed by atoms with Gasteiger partial charge < -0.3 is 24.3 Å². The monoisotopic (exact) mass is 1880 g/mol. The number of hydrogen-bond donors (Lipinski definition) is 1. The molecule has 0 radical (unpaired) electrons. The number of unbranched alkanes of at least 4 members (excludes halogenated alkanes) is 1. The predicted octanol–water partition coefficient (Wildman–Crippen LogP) is 41.8. The Hall–Kier alpha value is -0.920. The molecule has 802 valence electrons. The first-order valence-electron chi connectivity index (χ1n) is 57.0. The second-order valence-electron chi connectivity index (χ2n) is 51.7. The fraction of sp³-hybridized carbons (Fsp3) is 0.992. The van der Waals surface area contributed by atoms with Crippen molar-refractivity contribution < 1.29 is 32.1 Å². The van der Waals surface area contributed by atoms with Crippen molar-refractivity contribution in [3.8, 4) is 6.07 Å². The van der Waals surface area contributed by atoms with Crippen molar-refractivity contribution in [1.82, 2.24) is 5.32 Å². The highest BCUT2D eigenvalue weighted by atomic mass is 19.4. The van der Waals surface area contributed by atoms with E-state index in [0.29, 0.717) is 29.0 Å². The molecule has 4 saturated heterocycles. The van der Waals surface area contributed by atoms with E-state index in [-0.39, 0.29) is 31.3 Å². The number of nitrogens with zero attached hydrogens (tertiary/aromatic N) is 1. The van der Waals surface area contributed by atoms with Gasteiger partial charge in [-0.1, -0.05) is 381 Å². The van der Waals surface area contributed by atoms with Crippen LogP contribution in [-0.2, 0) is 18.9 Å². The molecule has 5 saturated carbocycles. The second kappa shape index (κ2) is 80.5. The van der Waals surface area contributed by atoms with Gasteiger partial charge in [-0.15, -0.1) is 0 Å². The molecule has 6 nitrogen and oxygen atoms in total. The Bertz CT molecular complexity index is 2450. The molecule has 9 fully saturated rings. The van der Waals surface area contributed by atoms with Crippen LogP contribution in [0.2, 0.25) is 0 Å². The van der Waals surface area contributed by atoms with Gasteiger partial charge in [0, 0.05) is 39.0 Å². The molecule has 0 aromatic carbocycles. The fourth-order valence-corrected chi connectivity index (χ4v) is 19.6. The number of ether oxygens (including phenoxy) is 4. The van der Waals surface area contributed by atoms with Gasteiger partial charge in [0.05, 0.1) is 29.3 Å². The third kappa shape index (κ3) is 84.7. The Morgan fingerprint density at radius 2 is 0.841 bits per heavy atom. The Balaban J connectivity index is -0.000000255. The van der Waals surface area contributed by atoms with E-state index in [1.807, 2.05) is 20.8 Å². The first-order valence-corrected chi connectivity index (χ1v) is 57.0. The third-order valence-corrected chi connectivity index (χ3v) is 29.8. The van der Waals surface area contributed by atoms with Gasteiger partial charge in [0.2, 0.25) is 0 Å². The van der Waals surface area contributed by atoms with E-state index in [1.165, 1.54) is 258 Å². The normalized spacial score (nSPS) is 20.3. The summed E-state index contributed by atoms with van der Waals surface area (Å²) in [6.45, 7) is 108. The molecule has 4 heterocycles. The molecule has 9 heteroatoms. The first kappa shape index (κ1) is 144. The van der Waals surface area contributed by atoms with Crippen molar-refractivity contribution in [3.05, 3.63) is 0 Å². The average molecular weight is 1880 g/mol. The van der Waals surface area contributed by atoms with Crippen molar-refractivity contribution in [3.63, 3.8) is 0 Å². The molecular formula is C123H255F3N2O4. The summed E-state index contributed by atoms with van der Waals surface area (Å²) in [4.78, 5) is 0. The lowest BCUT2D eigenvalue weighted by Crippen LogP contribution is -2.44. The Kier molecular flexibility index (Phi) is 87.9. The number of hydrogen-bond acceptors (Lipinski definition) is 6. The molecule has 1 N–H and O–H groups in total. The minimum atomic E-state index is -4.07. The van der Waals surface area contributed by atoms with Crippen LogP contribution in [0.1, 0.15) is 570 Å². The summed E-state index contributed by atoms with van der Waals surface area (Å²) >= 11 is 0. The summed E-state index contributed by atoms with van der Waals surface area (Å²) in [7, 11) is 0. The van der Waals surface area contributed by atoms with E-state index in [2.05, 4.69) is 281 Å². The molecular weight excluding hydrogens is 1630 g/mol. The van der Waals surface area contributed by atoms with Crippen molar-refractivity contribution in [2.75, 3.05) is 46.1 Å². The van der Waals surface area contributed by atoms with Crippen LogP contribution in [0.3, 0.4) is 0 Å². The van der Waals surface area contributed by atoms with Gasteiger partial charge in [-0.25, -0.2) is 0 Å². The summed E-state index contributed by atoms with van der Waals surface area (Å²) in [5.74, 6) is 16.5.